The monoisotopic (exact) mass is 451 g/mol. The molecule has 0 atom stereocenters. The average molecular weight is 452 g/mol. The minimum Gasteiger partial charge on any atom is -0.503 e. The number of hydrogen-bond acceptors (Lipinski definition) is 5. The van der Waals surface area contributed by atoms with Crippen molar-refractivity contribution in [2.24, 2.45) is 0 Å². The van der Waals surface area contributed by atoms with E-state index in [1.165, 1.54) is 0 Å². The van der Waals surface area contributed by atoms with E-state index in [0.717, 1.165) is 57.8 Å². The zero-order valence-corrected chi connectivity index (χ0v) is 19.4. The molecule has 6 nitrogen and oxygen atoms in total. The second-order valence-corrected chi connectivity index (χ2v) is 8.74. The van der Waals surface area contributed by atoms with Gasteiger partial charge in [-0.25, -0.2) is 9.97 Å². The Morgan fingerprint density at radius 2 is 1.62 bits per heavy atom. The molecule has 3 aromatic carbocycles. The summed E-state index contributed by atoms with van der Waals surface area (Å²) in [4.78, 5) is 33.2. The fourth-order valence-electron chi connectivity index (χ4n) is 4.58. The van der Waals surface area contributed by atoms with Crippen LogP contribution >= 0.6 is 0 Å². The summed E-state index contributed by atoms with van der Waals surface area (Å²) in [5, 5.41) is 9.95. The first-order valence-electron chi connectivity index (χ1n) is 11.4. The Kier molecular flexibility index (Phi) is 5.36. The van der Waals surface area contributed by atoms with Gasteiger partial charge in [-0.05, 0) is 54.2 Å². The third-order valence-electron chi connectivity index (χ3n) is 6.26. The highest BCUT2D eigenvalue weighted by molar-refractivity contribution is 5.87. The zero-order valence-electron chi connectivity index (χ0n) is 19.4. The molecule has 0 bridgehead atoms. The van der Waals surface area contributed by atoms with E-state index in [1.54, 1.807) is 12.1 Å². The number of aromatic nitrogens is 3. The van der Waals surface area contributed by atoms with Crippen molar-refractivity contribution in [3.63, 3.8) is 0 Å². The van der Waals surface area contributed by atoms with E-state index in [-0.39, 0.29) is 5.56 Å². The Morgan fingerprint density at radius 3 is 2.29 bits per heavy atom. The van der Waals surface area contributed by atoms with Gasteiger partial charge in [0.25, 0.3) is 5.43 Å². The van der Waals surface area contributed by atoms with Gasteiger partial charge in [0.2, 0.25) is 5.43 Å². The Labute approximate surface area is 196 Å². The van der Waals surface area contributed by atoms with Crippen molar-refractivity contribution in [1.29, 1.82) is 0 Å². The first-order chi connectivity index (χ1) is 16.4. The Hall–Kier alpha value is -4.06. The van der Waals surface area contributed by atoms with Crippen LogP contribution in [0.2, 0.25) is 0 Å². The van der Waals surface area contributed by atoms with Gasteiger partial charge in [0.1, 0.15) is 11.3 Å². The second-order valence-electron chi connectivity index (χ2n) is 8.74. The maximum Gasteiger partial charge on any atom is 0.268 e. The summed E-state index contributed by atoms with van der Waals surface area (Å²) in [6, 6.07) is 17.5. The summed E-state index contributed by atoms with van der Waals surface area (Å²) in [6.45, 7) is 6.88. The molecule has 1 N–H and O–H groups in total. The lowest BCUT2D eigenvalue weighted by Crippen LogP contribution is -2.31. The highest BCUT2D eigenvalue weighted by Crippen LogP contribution is 2.34. The van der Waals surface area contributed by atoms with Gasteiger partial charge >= 0.3 is 0 Å². The Balaban J connectivity index is 1.52. The predicted molar refractivity (Wildman–Crippen MR) is 134 cm³/mol. The molecule has 0 spiro atoms. The van der Waals surface area contributed by atoms with Crippen molar-refractivity contribution < 1.29 is 5.11 Å². The third-order valence-corrected chi connectivity index (χ3v) is 6.26. The van der Waals surface area contributed by atoms with Crippen LogP contribution in [-0.2, 0) is 13.0 Å². The number of aryl methyl sites for hydroxylation is 3. The molecule has 0 amide bonds. The van der Waals surface area contributed by atoms with Crippen molar-refractivity contribution in [3.8, 4) is 28.0 Å². The zero-order chi connectivity index (χ0) is 24.0. The molecule has 34 heavy (non-hydrogen) atoms. The van der Waals surface area contributed by atoms with Crippen molar-refractivity contribution in [1.82, 2.24) is 14.5 Å². The second kappa shape index (κ2) is 8.37. The lowest BCUT2D eigenvalue weighted by molar-refractivity contribution is 0.465. The third kappa shape index (κ3) is 3.52. The van der Waals surface area contributed by atoms with Crippen molar-refractivity contribution >= 4 is 11.2 Å². The quantitative estimate of drug-likeness (QED) is 0.379. The van der Waals surface area contributed by atoms with Crippen LogP contribution in [0, 0.1) is 13.8 Å². The molecular weight excluding hydrogens is 426 g/mol. The van der Waals surface area contributed by atoms with Crippen LogP contribution in [-0.4, -0.2) is 19.6 Å². The van der Waals surface area contributed by atoms with Gasteiger partial charge in [-0.15, -0.1) is 0 Å². The molecule has 5 aromatic rings. The Morgan fingerprint density at radius 1 is 0.912 bits per heavy atom. The lowest BCUT2D eigenvalue weighted by atomic mass is 9.91. The molecule has 2 aromatic heterocycles. The molecule has 0 radical (unpaired) electrons. The molecule has 2 heterocycles. The molecular formula is C28H25N3O3. The number of hydrogen-bond donors (Lipinski definition) is 1. The predicted octanol–water partition coefficient (Wildman–Crippen LogP) is 4.68. The number of benzene rings is 2. The van der Waals surface area contributed by atoms with Crippen LogP contribution in [0.15, 0.2) is 64.2 Å². The minimum absolute atomic E-state index is 0.0931. The Bertz CT molecular complexity index is 1600. The summed E-state index contributed by atoms with van der Waals surface area (Å²) < 4.78 is 2.20. The summed E-state index contributed by atoms with van der Waals surface area (Å²) in [5.74, 6) is 0.575. The van der Waals surface area contributed by atoms with E-state index in [4.69, 9.17) is 9.97 Å². The highest BCUT2D eigenvalue weighted by Gasteiger charge is 2.23. The van der Waals surface area contributed by atoms with Gasteiger partial charge in [0, 0.05) is 12.1 Å². The molecule has 0 aliphatic heterocycles. The van der Waals surface area contributed by atoms with Gasteiger partial charge in [0.15, 0.2) is 11.4 Å². The number of rotatable bonds is 6. The van der Waals surface area contributed by atoms with E-state index < -0.39 is 16.6 Å². The highest BCUT2D eigenvalue weighted by atomic mass is 16.3. The summed E-state index contributed by atoms with van der Waals surface area (Å²) in [5.41, 5.74) is 5.97. The van der Waals surface area contributed by atoms with Gasteiger partial charge in [-0.3, -0.25) is 9.59 Å². The summed E-state index contributed by atoms with van der Waals surface area (Å²) in [7, 11) is 0. The lowest BCUT2D eigenvalue weighted by Gasteiger charge is -2.13. The molecule has 6 heteroatoms. The standard InChI is InChI=1S/C28H25N3O3/c1-4-7-22-30-24-16(2)14-17(3)29-28(24)31(22)15-18-10-12-19(13-11-18)20-8-5-6-9-21(20)23-25(32)27(34)26(23)33/h5-6,8-14,32H,4,7,15H2,1-3H3. The number of aromatic hydroxyl groups is 1. The van der Waals surface area contributed by atoms with E-state index >= 15 is 0 Å². The van der Waals surface area contributed by atoms with Crippen molar-refractivity contribution in [2.45, 2.75) is 40.2 Å². The normalized spacial score (nSPS) is 11.5. The van der Waals surface area contributed by atoms with Gasteiger partial charge < -0.3 is 9.67 Å². The van der Waals surface area contributed by atoms with Crippen LogP contribution in [0.1, 0.15) is 36.0 Å². The molecule has 170 valence electrons. The van der Waals surface area contributed by atoms with E-state index in [9.17, 15) is 14.7 Å². The van der Waals surface area contributed by atoms with Gasteiger partial charge in [-0.1, -0.05) is 55.5 Å². The van der Waals surface area contributed by atoms with Crippen LogP contribution in [0.25, 0.3) is 33.4 Å². The number of pyridine rings is 1. The van der Waals surface area contributed by atoms with Crippen LogP contribution in [0.3, 0.4) is 0 Å². The maximum absolute atomic E-state index is 12.0. The van der Waals surface area contributed by atoms with Crippen LogP contribution in [0.4, 0.5) is 0 Å². The van der Waals surface area contributed by atoms with E-state index in [0.29, 0.717) is 12.1 Å². The molecule has 0 saturated carbocycles. The van der Waals surface area contributed by atoms with E-state index in [2.05, 4.69) is 36.6 Å². The summed E-state index contributed by atoms with van der Waals surface area (Å²) in [6.07, 6.45) is 1.88. The van der Waals surface area contributed by atoms with Crippen molar-refractivity contribution in [2.75, 3.05) is 0 Å². The van der Waals surface area contributed by atoms with Gasteiger partial charge in [0.05, 0.1) is 12.1 Å². The molecule has 0 unspecified atom stereocenters. The number of imidazole rings is 1. The molecule has 0 saturated heterocycles. The topological polar surface area (TPSA) is 85.1 Å². The first kappa shape index (κ1) is 21.8. The van der Waals surface area contributed by atoms with Crippen LogP contribution in [0.5, 0.6) is 5.75 Å². The van der Waals surface area contributed by atoms with Crippen molar-refractivity contribution in [3.05, 3.63) is 97.7 Å². The van der Waals surface area contributed by atoms with Crippen LogP contribution < -0.4 is 10.9 Å². The SMILES string of the molecule is CCCc1nc2c(C)cc(C)nc2n1Cc1ccc(-c2ccccc2-c2c(O)c(=O)c2=O)cc1. The van der Waals surface area contributed by atoms with E-state index in [1.807, 2.05) is 31.2 Å². The van der Waals surface area contributed by atoms with Gasteiger partial charge in [-0.2, -0.15) is 0 Å². The maximum atomic E-state index is 12.0. The number of nitrogens with zero attached hydrogens (tertiary/aromatic N) is 3. The summed E-state index contributed by atoms with van der Waals surface area (Å²) >= 11 is 0. The minimum atomic E-state index is -0.824. The largest absolute Gasteiger partial charge is 0.503 e. The molecule has 5 rings (SSSR count). The first-order valence-corrected chi connectivity index (χ1v) is 11.4. The fourth-order valence-corrected chi connectivity index (χ4v) is 4.58. The average Bonchev–Trinajstić information content (AvgIpc) is 3.17. The smallest absolute Gasteiger partial charge is 0.268 e. The molecule has 0 aliphatic carbocycles. The molecule has 0 aliphatic rings. The number of fused-ring (bicyclic) bond motifs is 1. The molecule has 0 fully saturated rings. The fraction of sp³-hybridized carbons (Fsp3) is 0.214.